The van der Waals surface area contributed by atoms with Crippen LogP contribution in [-0.2, 0) is 27.4 Å². The van der Waals surface area contributed by atoms with E-state index >= 15 is 0 Å². The Kier molecular flexibility index (Phi) is 7.93. The van der Waals surface area contributed by atoms with Gasteiger partial charge in [0.1, 0.15) is 12.4 Å². The molecule has 1 amide bonds. The number of benzene rings is 2. The third-order valence-electron chi connectivity index (χ3n) is 4.85. The summed E-state index contributed by atoms with van der Waals surface area (Å²) in [5.41, 5.74) is 2.01. The summed E-state index contributed by atoms with van der Waals surface area (Å²) in [6, 6.07) is 14.9. The molecule has 1 aliphatic heterocycles. The number of carbonyl (C=O) groups is 2. The number of rotatable bonds is 7. The van der Waals surface area contributed by atoms with Gasteiger partial charge in [-0.05, 0) is 35.4 Å². The Balaban J connectivity index is 1.38. The lowest BCUT2D eigenvalue weighted by Crippen LogP contribution is -2.49. The first-order chi connectivity index (χ1) is 14.5. The summed E-state index contributed by atoms with van der Waals surface area (Å²) in [5.74, 6) is 0.561. The van der Waals surface area contributed by atoms with Gasteiger partial charge in [-0.3, -0.25) is 9.69 Å². The molecule has 1 saturated heterocycles. The minimum atomic E-state index is -0.728. The quantitative estimate of drug-likeness (QED) is 0.625. The van der Waals surface area contributed by atoms with E-state index in [0.29, 0.717) is 18.8 Å². The Hall–Kier alpha value is -2.77. The predicted molar refractivity (Wildman–Crippen MR) is 112 cm³/mol. The average Bonchev–Trinajstić information content (AvgIpc) is 2.78. The Morgan fingerprint density at radius 2 is 1.57 bits per heavy atom. The smallest absolute Gasteiger partial charge is 0.484 e. The monoisotopic (exact) mass is 432 g/mol. The molecule has 2 aromatic carbocycles. The van der Waals surface area contributed by atoms with Gasteiger partial charge in [0.15, 0.2) is 6.61 Å². The number of carbonyl (C=O) groups excluding carboxylic acids is 2. The topological polar surface area (TPSA) is 68.3 Å². The van der Waals surface area contributed by atoms with Crippen molar-refractivity contribution in [2.75, 3.05) is 39.9 Å². The predicted octanol–water partition coefficient (Wildman–Crippen LogP) is 3.35. The second kappa shape index (κ2) is 10.8. The lowest BCUT2D eigenvalue weighted by molar-refractivity contribution is -0.135. The fourth-order valence-corrected chi connectivity index (χ4v) is 3.25. The van der Waals surface area contributed by atoms with Crippen LogP contribution in [0.2, 0.25) is 5.02 Å². The van der Waals surface area contributed by atoms with Crippen molar-refractivity contribution in [3.8, 4) is 5.75 Å². The molecular weight excluding hydrogens is 408 g/mol. The minimum absolute atomic E-state index is 0.00477. The third kappa shape index (κ3) is 6.64. The summed E-state index contributed by atoms with van der Waals surface area (Å²) in [6.07, 6.45) is -0.728. The first kappa shape index (κ1) is 21.9. The zero-order chi connectivity index (χ0) is 21.3. The molecule has 0 unspecified atom stereocenters. The van der Waals surface area contributed by atoms with Crippen molar-refractivity contribution in [2.45, 2.75) is 13.2 Å². The molecule has 30 heavy (non-hydrogen) atoms. The Bertz CT molecular complexity index is 834. The maximum atomic E-state index is 12.4. The first-order valence-corrected chi connectivity index (χ1v) is 10.1. The summed E-state index contributed by atoms with van der Waals surface area (Å²) >= 11 is 5.93. The molecule has 0 bridgehead atoms. The van der Waals surface area contributed by atoms with Gasteiger partial charge < -0.3 is 19.1 Å². The summed E-state index contributed by atoms with van der Waals surface area (Å²) in [4.78, 5) is 27.6. The molecule has 0 atom stereocenters. The van der Waals surface area contributed by atoms with E-state index in [1.54, 1.807) is 24.3 Å². The summed E-state index contributed by atoms with van der Waals surface area (Å²) in [6.45, 7) is 3.97. The van der Waals surface area contributed by atoms with Crippen LogP contribution < -0.4 is 4.74 Å². The average molecular weight is 433 g/mol. The number of halogens is 1. The van der Waals surface area contributed by atoms with Gasteiger partial charge in [0, 0.05) is 37.7 Å². The van der Waals surface area contributed by atoms with E-state index in [4.69, 9.17) is 21.1 Å². The highest BCUT2D eigenvalue weighted by molar-refractivity contribution is 6.30. The fourth-order valence-electron chi connectivity index (χ4n) is 3.12. The van der Waals surface area contributed by atoms with Crippen molar-refractivity contribution >= 4 is 23.7 Å². The molecule has 160 valence electrons. The Morgan fingerprint density at radius 3 is 2.20 bits per heavy atom. The minimum Gasteiger partial charge on any atom is -0.484 e. The Labute approximate surface area is 181 Å². The van der Waals surface area contributed by atoms with Gasteiger partial charge >= 0.3 is 6.16 Å². The molecule has 0 radical (unpaired) electrons. The molecule has 1 aliphatic rings. The van der Waals surface area contributed by atoms with Crippen molar-refractivity contribution in [3.63, 3.8) is 0 Å². The molecule has 0 aliphatic carbocycles. The lowest BCUT2D eigenvalue weighted by Gasteiger charge is -2.34. The number of amides is 1. The Morgan fingerprint density at radius 1 is 0.933 bits per heavy atom. The fraction of sp³-hybridized carbons (Fsp3) is 0.364. The van der Waals surface area contributed by atoms with Crippen LogP contribution in [0.5, 0.6) is 5.75 Å². The normalized spacial score (nSPS) is 14.3. The van der Waals surface area contributed by atoms with Gasteiger partial charge in [-0.1, -0.05) is 35.9 Å². The number of nitrogens with zero attached hydrogens (tertiary/aromatic N) is 2. The standard InChI is InChI=1S/C22H25ClN2O5/c1-28-22(27)30-15-18-4-8-20(9-5-18)29-16-21(26)25-12-10-24(11-13-25)14-17-2-6-19(23)7-3-17/h2-9H,10-16H2,1H3. The molecule has 3 rings (SSSR count). The number of piperazine rings is 1. The van der Waals surface area contributed by atoms with E-state index in [0.717, 1.165) is 30.2 Å². The van der Waals surface area contributed by atoms with Crippen LogP contribution in [0.3, 0.4) is 0 Å². The second-order valence-corrected chi connectivity index (χ2v) is 7.40. The summed E-state index contributed by atoms with van der Waals surface area (Å²) in [7, 11) is 1.26. The largest absolute Gasteiger partial charge is 0.508 e. The zero-order valence-corrected chi connectivity index (χ0v) is 17.6. The van der Waals surface area contributed by atoms with Crippen molar-refractivity contribution in [2.24, 2.45) is 0 Å². The number of ether oxygens (including phenoxy) is 3. The zero-order valence-electron chi connectivity index (χ0n) is 16.9. The molecule has 0 saturated carbocycles. The third-order valence-corrected chi connectivity index (χ3v) is 5.11. The molecule has 8 heteroatoms. The maximum Gasteiger partial charge on any atom is 0.508 e. The highest BCUT2D eigenvalue weighted by Gasteiger charge is 2.21. The lowest BCUT2D eigenvalue weighted by atomic mass is 10.2. The maximum absolute atomic E-state index is 12.4. The van der Waals surface area contributed by atoms with Gasteiger partial charge in [0.05, 0.1) is 7.11 Å². The SMILES string of the molecule is COC(=O)OCc1ccc(OCC(=O)N2CCN(Cc3ccc(Cl)cc3)CC2)cc1. The van der Waals surface area contributed by atoms with Crippen LogP contribution in [0.4, 0.5) is 4.79 Å². The van der Waals surface area contributed by atoms with Crippen LogP contribution in [-0.4, -0.2) is 61.8 Å². The highest BCUT2D eigenvalue weighted by atomic mass is 35.5. The van der Waals surface area contributed by atoms with Crippen LogP contribution in [0, 0.1) is 0 Å². The molecule has 1 heterocycles. The van der Waals surface area contributed by atoms with E-state index in [2.05, 4.69) is 9.64 Å². The van der Waals surface area contributed by atoms with Crippen molar-refractivity contribution < 1.29 is 23.8 Å². The molecule has 0 N–H and O–H groups in total. The molecular formula is C22H25ClN2O5. The number of hydrogen-bond donors (Lipinski definition) is 0. The van der Waals surface area contributed by atoms with Gasteiger partial charge in [0.25, 0.3) is 5.91 Å². The van der Waals surface area contributed by atoms with Crippen molar-refractivity contribution in [3.05, 3.63) is 64.7 Å². The van der Waals surface area contributed by atoms with Gasteiger partial charge in [0.2, 0.25) is 0 Å². The van der Waals surface area contributed by atoms with Crippen LogP contribution >= 0.6 is 11.6 Å². The van der Waals surface area contributed by atoms with E-state index < -0.39 is 6.16 Å². The highest BCUT2D eigenvalue weighted by Crippen LogP contribution is 2.15. The van der Waals surface area contributed by atoms with Crippen LogP contribution in [0.1, 0.15) is 11.1 Å². The van der Waals surface area contributed by atoms with E-state index in [-0.39, 0.29) is 19.1 Å². The first-order valence-electron chi connectivity index (χ1n) is 9.70. The van der Waals surface area contributed by atoms with E-state index in [9.17, 15) is 9.59 Å². The van der Waals surface area contributed by atoms with Crippen molar-refractivity contribution in [1.29, 1.82) is 0 Å². The van der Waals surface area contributed by atoms with Crippen LogP contribution in [0.15, 0.2) is 48.5 Å². The second-order valence-electron chi connectivity index (χ2n) is 6.96. The number of methoxy groups -OCH3 is 1. The van der Waals surface area contributed by atoms with E-state index in [1.807, 2.05) is 29.2 Å². The van der Waals surface area contributed by atoms with Crippen LogP contribution in [0.25, 0.3) is 0 Å². The van der Waals surface area contributed by atoms with Gasteiger partial charge in [-0.2, -0.15) is 0 Å². The van der Waals surface area contributed by atoms with Crippen molar-refractivity contribution in [1.82, 2.24) is 9.80 Å². The molecule has 7 nitrogen and oxygen atoms in total. The molecule has 0 spiro atoms. The molecule has 2 aromatic rings. The summed E-state index contributed by atoms with van der Waals surface area (Å²) < 4.78 is 14.9. The van der Waals surface area contributed by atoms with Gasteiger partial charge in [-0.15, -0.1) is 0 Å². The summed E-state index contributed by atoms with van der Waals surface area (Å²) in [5, 5.41) is 0.735. The number of hydrogen-bond acceptors (Lipinski definition) is 6. The van der Waals surface area contributed by atoms with E-state index in [1.165, 1.54) is 12.7 Å². The molecule has 1 fully saturated rings. The molecule has 0 aromatic heterocycles. The van der Waals surface area contributed by atoms with Gasteiger partial charge in [-0.25, -0.2) is 4.79 Å².